The zero-order valence-electron chi connectivity index (χ0n) is 9.38. The Morgan fingerprint density at radius 1 is 1.27 bits per heavy atom. The molecule has 88 valence electrons. The number of amides is 2. The van der Waals surface area contributed by atoms with Crippen molar-refractivity contribution in [3.8, 4) is 0 Å². The molecule has 0 rings (SSSR count). The summed E-state index contributed by atoms with van der Waals surface area (Å²) in [6, 6.07) is -1.18. The summed E-state index contributed by atoms with van der Waals surface area (Å²) in [6.45, 7) is 4.49. The second-order valence-electron chi connectivity index (χ2n) is 3.43. The minimum absolute atomic E-state index is 0.399. The van der Waals surface area contributed by atoms with Crippen molar-refractivity contribution in [3.63, 3.8) is 0 Å². The molecule has 0 heterocycles. The Balaban J connectivity index is 3.84. The molecular formula is C10H20N2O3. The molecule has 1 unspecified atom stereocenters. The molecule has 1 atom stereocenters. The maximum absolute atomic E-state index is 11.2. The van der Waals surface area contributed by atoms with Crippen LogP contribution in [-0.4, -0.2) is 29.7 Å². The molecule has 0 aliphatic heterocycles. The highest BCUT2D eigenvalue weighted by molar-refractivity contribution is 5.82. The van der Waals surface area contributed by atoms with Gasteiger partial charge in [0, 0.05) is 6.54 Å². The molecule has 0 aromatic heterocycles. The first kappa shape index (κ1) is 13.7. The van der Waals surface area contributed by atoms with E-state index in [9.17, 15) is 9.59 Å². The monoisotopic (exact) mass is 216 g/mol. The summed E-state index contributed by atoms with van der Waals surface area (Å²) >= 11 is 0. The summed E-state index contributed by atoms with van der Waals surface area (Å²) in [5.74, 6) is -0.984. The van der Waals surface area contributed by atoms with Crippen LogP contribution in [0.1, 0.15) is 39.5 Å². The smallest absolute Gasteiger partial charge is 0.326 e. The van der Waals surface area contributed by atoms with Crippen LogP contribution < -0.4 is 10.6 Å². The minimum atomic E-state index is -0.984. The standard InChI is InChI=1S/C10H20N2O3/c1-3-5-7-11-10(15)12-8(6-4-2)9(13)14/h8H,3-7H2,1-2H3,(H,13,14)(H2,11,12,15). The Morgan fingerprint density at radius 3 is 2.40 bits per heavy atom. The second-order valence-corrected chi connectivity index (χ2v) is 3.43. The summed E-state index contributed by atoms with van der Waals surface area (Å²) in [5, 5.41) is 13.8. The van der Waals surface area contributed by atoms with Crippen molar-refractivity contribution in [3.05, 3.63) is 0 Å². The number of hydrogen-bond donors (Lipinski definition) is 3. The molecule has 0 radical (unpaired) electrons. The third kappa shape index (κ3) is 6.76. The lowest BCUT2D eigenvalue weighted by Gasteiger charge is -2.13. The molecular weight excluding hydrogens is 196 g/mol. The maximum Gasteiger partial charge on any atom is 0.326 e. The van der Waals surface area contributed by atoms with Gasteiger partial charge >= 0.3 is 12.0 Å². The van der Waals surface area contributed by atoms with Crippen LogP contribution in [-0.2, 0) is 4.79 Å². The van der Waals surface area contributed by atoms with Crippen LogP contribution in [0.3, 0.4) is 0 Å². The summed E-state index contributed by atoms with van der Waals surface area (Å²) < 4.78 is 0. The van der Waals surface area contributed by atoms with E-state index < -0.39 is 18.0 Å². The third-order valence-electron chi connectivity index (χ3n) is 2.00. The van der Waals surface area contributed by atoms with E-state index >= 15 is 0 Å². The van der Waals surface area contributed by atoms with E-state index in [1.54, 1.807) is 0 Å². The van der Waals surface area contributed by atoms with Gasteiger partial charge in [0.2, 0.25) is 0 Å². The average Bonchev–Trinajstić information content (AvgIpc) is 2.17. The first-order valence-corrected chi connectivity index (χ1v) is 5.39. The van der Waals surface area contributed by atoms with Gasteiger partial charge in [-0.2, -0.15) is 0 Å². The number of carboxylic acids is 1. The lowest BCUT2D eigenvalue weighted by Crippen LogP contribution is -2.46. The molecule has 5 nitrogen and oxygen atoms in total. The molecule has 0 aliphatic carbocycles. The van der Waals surface area contributed by atoms with Crippen LogP contribution >= 0.6 is 0 Å². The van der Waals surface area contributed by atoms with Crippen molar-refractivity contribution in [2.24, 2.45) is 0 Å². The fourth-order valence-electron chi connectivity index (χ4n) is 1.13. The largest absolute Gasteiger partial charge is 0.480 e. The lowest BCUT2D eigenvalue weighted by molar-refractivity contribution is -0.139. The molecule has 0 aromatic carbocycles. The Bertz CT molecular complexity index is 207. The SMILES string of the molecule is CCCCNC(=O)NC(CCC)C(=O)O. The number of carboxylic acid groups (broad SMARTS) is 1. The summed E-state index contributed by atoms with van der Waals surface area (Å²) in [7, 11) is 0. The number of carbonyl (C=O) groups is 2. The van der Waals surface area contributed by atoms with Gasteiger partial charge in [0.1, 0.15) is 6.04 Å². The summed E-state index contributed by atoms with van der Waals surface area (Å²) in [6.07, 6.45) is 3.08. The van der Waals surface area contributed by atoms with Gasteiger partial charge in [-0.3, -0.25) is 0 Å². The second kappa shape index (κ2) is 8.08. The first-order valence-electron chi connectivity index (χ1n) is 5.39. The van der Waals surface area contributed by atoms with E-state index in [1.807, 2.05) is 13.8 Å². The quantitative estimate of drug-likeness (QED) is 0.562. The number of hydrogen-bond acceptors (Lipinski definition) is 2. The summed E-state index contributed by atoms with van der Waals surface area (Å²) in [4.78, 5) is 21.9. The van der Waals surface area contributed by atoms with Crippen LogP contribution in [0.4, 0.5) is 4.79 Å². The van der Waals surface area contributed by atoms with Gasteiger partial charge in [0.15, 0.2) is 0 Å². The molecule has 0 saturated carbocycles. The van der Waals surface area contributed by atoms with Gasteiger partial charge in [-0.1, -0.05) is 26.7 Å². The van der Waals surface area contributed by atoms with Crippen LogP contribution in [0.2, 0.25) is 0 Å². The molecule has 0 aliphatic rings. The molecule has 5 heteroatoms. The molecule has 3 N–H and O–H groups in total. The molecule has 15 heavy (non-hydrogen) atoms. The molecule has 0 aromatic rings. The normalized spacial score (nSPS) is 11.9. The number of unbranched alkanes of at least 4 members (excludes halogenated alkanes) is 1. The highest BCUT2D eigenvalue weighted by atomic mass is 16.4. The van der Waals surface area contributed by atoms with Gasteiger partial charge in [0.25, 0.3) is 0 Å². The van der Waals surface area contributed by atoms with E-state index in [4.69, 9.17) is 5.11 Å². The Kier molecular flexibility index (Phi) is 7.40. The predicted octanol–water partition coefficient (Wildman–Crippen LogP) is 1.34. The number of carbonyl (C=O) groups excluding carboxylic acids is 1. The fraction of sp³-hybridized carbons (Fsp3) is 0.800. The lowest BCUT2D eigenvalue weighted by atomic mass is 10.2. The van der Waals surface area contributed by atoms with Crippen molar-refractivity contribution in [1.29, 1.82) is 0 Å². The van der Waals surface area contributed by atoms with Crippen molar-refractivity contribution in [2.45, 2.75) is 45.6 Å². The number of aliphatic carboxylic acids is 1. The molecule has 0 bridgehead atoms. The third-order valence-corrected chi connectivity index (χ3v) is 2.00. The highest BCUT2D eigenvalue weighted by Crippen LogP contribution is 1.96. The first-order chi connectivity index (χ1) is 7.11. The Morgan fingerprint density at radius 2 is 1.93 bits per heavy atom. The van der Waals surface area contributed by atoms with E-state index in [0.29, 0.717) is 13.0 Å². The van der Waals surface area contributed by atoms with E-state index in [-0.39, 0.29) is 0 Å². The summed E-state index contributed by atoms with van der Waals surface area (Å²) in [5.41, 5.74) is 0. The molecule has 0 saturated heterocycles. The van der Waals surface area contributed by atoms with E-state index in [0.717, 1.165) is 19.3 Å². The molecule has 0 fully saturated rings. The Labute approximate surface area is 90.2 Å². The van der Waals surface area contributed by atoms with Gasteiger partial charge in [-0.25, -0.2) is 9.59 Å². The topological polar surface area (TPSA) is 78.4 Å². The predicted molar refractivity (Wildman–Crippen MR) is 57.8 cm³/mol. The van der Waals surface area contributed by atoms with Crippen molar-refractivity contribution >= 4 is 12.0 Å². The maximum atomic E-state index is 11.2. The van der Waals surface area contributed by atoms with Gasteiger partial charge in [-0.15, -0.1) is 0 Å². The molecule has 2 amide bonds. The number of urea groups is 1. The Hall–Kier alpha value is -1.26. The average molecular weight is 216 g/mol. The number of nitrogens with one attached hydrogen (secondary N) is 2. The van der Waals surface area contributed by atoms with Crippen molar-refractivity contribution in [1.82, 2.24) is 10.6 Å². The van der Waals surface area contributed by atoms with E-state index in [2.05, 4.69) is 10.6 Å². The van der Waals surface area contributed by atoms with Crippen LogP contribution in [0.5, 0.6) is 0 Å². The van der Waals surface area contributed by atoms with Crippen molar-refractivity contribution in [2.75, 3.05) is 6.54 Å². The highest BCUT2D eigenvalue weighted by Gasteiger charge is 2.17. The minimum Gasteiger partial charge on any atom is -0.480 e. The zero-order valence-corrected chi connectivity index (χ0v) is 9.38. The molecule has 0 spiro atoms. The van der Waals surface area contributed by atoms with Crippen LogP contribution in [0, 0.1) is 0 Å². The van der Waals surface area contributed by atoms with Crippen LogP contribution in [0.25, 0.3) is 0 Å². The number of rotatable bonds is 7. The van der Waals surface area contributed by atoms with Crippen molar-refractivity contribution < 1.29 is 14.7 Å². The van der Waals surface area contributed by atoms with Crippen LogP contribution in [0.15, 0.2) is 0 Å². The van der Waals surface area contributed by atoms with Gasteiger partial charge < -0.3 is 15.7 Å². The fourth-order valence-corrected chi connectivity index (χ4v) is 1.13. The van der Waals surface area contributed by atoms with E-state index in [1.165, 1.54) is 0 Å². The van der Waals surface area contributed by atoms with Gasteiger partial charge in [0.05, 0.1) is 0 Å². The van der Waals surface area contributed by atoms with Gasteiger partial charge in [-0.05, 0) is 12.8 Å². The zero-order chi connectivity index (χ0) is 11.7.